The molecule has 0 saturated carbocycles. The normalized spacial score (nSPS) is 10.7. The van der Waals surface area contributed by atoms with Gasteiger partial charge in [0.15, 0.2) is 0 Å². The van der Waals surface area contributed by atoms with Gasteiger partial charge in [-0.1, -0.05) is 25.2 Å². The quantitative estimate of drug-likeness (QED) is 0.650. The van der Waals surface area contributed by atoms with E-state index in [1.54, 1.807) is 31.4 Å². The van der Waals surface area contributed by atoms with Gasteiger partial charge in [-0.05, 0) is 54.4 Å². The number of anilines is 1. The number of rotatable bonds is 7. The molecule has 6 nitrogen and oxygen atoms in total. The topological polar surface area (TPSA) is 73.3 Å². The van der Waals surface area contributed by atoms with Crippen LogP contribution in [-0.2, 0) is 0 Å². The number of ether oxygens (including phenoxy) is 2. The van der Waals surface area contributed by atoms with Crippen molar-refractivity contribution in [2.75, 3.05) is 19.0 Å². The lowest BCUT2D eigenvalue weighted by molar-refractivity contribution is 0.102. The van der Waals surface area contributed by atoms with E-state index >= 15 is 0 Å². The lowest BCUT2D eigenvalue weighted by Gasteiger charge is -2.09. The first-order valence-electron chi connectivity index (χ1n) is 8.57. The summed E-state index contributed by atoms with van der Waals surface area (Å²) in [7, 11) is 1.62. The zero-order valence-corrected chi connectivity index (χ0v) is 16.2. The number of hydrogen-bond donors (Lipinski definition) is 1. The molecular formula is C20H21N3O3S. The number of carbonyl (C=O) groups excluding carboxylic acids is 1. The van der Waals surface area contributed by atoms with Crippen LogP contribution in [0.2, 0.25) is 0 Å². The molecule has 0 aliphatic heterocycles. The van der Waals surface area contributed by atoms with Crippen LogP contribution >= 0.6 is 11.3 Å². The average Bonchev–Trinajstić information content (AvgIpc) is 3.15. The fourth-order valence-electron chi connectivity index (χ4n) is 2.26. The second-order valence-electron chi connectivity index (χ2n) is 6.32. The van der Waals surface area contributed by atoms with Crippen LogP contribution in [0.1, 0.15) is 24.2 Å². The summed E-state index contributed by atoms with van der Waals surface area (Å²) in [6.45, 7) is 4.82. The third-order valence-corrected chi connectivity index (χ3v) is 4.57. The Bertz CT molecular complexity index is 890. The van der Waals surface area contributed by atoms with Crippen molar-refractivity contribution in [3.05, 3.63) is 54.1 Å². The highest BCUT2D eigenvalue weighted by atomic mass is 32.1. The van der Waals surface area contributed by atoms with E-state index in [9.17, 15) is 4.79 Å². The lowest BCUT2D eigenvalue weighted by atomic mass is 10.2. The summed E-state index contributed by atoms with van der Waals surface area (Å²) in [6.07, 6.45) is 0. The lowest BCUT2D eigenvalue weighted by Crippen LogP contribution is -2.11. The van der Waals surface area contributed by atoms with Gasteiger partial charge >= 0.3 is 0 Å². The van der Waals surface area contributed by atoms with Crippen molar-refractivity contribution < 1.29 is 14.3 Å². The van der Waals surface area contributed by atoms with Crippen LogP contribution < -0.4 is 14.8 Å². The molecule has 7 heteroatoms. The Morgan fingerprint density at radius 2 is 1.70 bits per heavy atom. The molecule has 0 aliphatic rings. The summed E-state index contributed by atoms with van der Waals surface area (Å²) in [5.41, 5.74) is 1.45. The van der Waals surface area contributed by atoms with Crippen molar-refractivity contribution in [2.24, 2.45) is 5.92 Å². The van der Waals surface area contributed by atoms with Gasteiger partial charge < -0.3 is 9.47 Å². The Balaban J connectivity index is 1.63. The summed E-state index contributed by atoms with van der Waals surface area (Å²) in [5, 5.41) is 12.1. The van der Waals surface area contributed by atoms with Crippen molar-refractivity contribution in [2.45, 2.75) is 13.8 Å². The minimum absolute atomic E-state index is 0.233. The predicted octanol–water partition coefficient (Wildman–Crippen LogP) is 4.50. The number of nitrogens with one attached hydrogen (secondary N) is 1. The highest BCUT2D eigenvalue weighted by molar-refractivity contribution is 7.18. The largest absolute Gasteiger partial charge is 0.497 e. The zero-order valence-electron chi connectivity index (χ0n) is 15.4. The molecule has 3 aromatic rings. The van der Waals surface area contributed by atoms with Gasteiger partial charge in [0.1, 0.15) is 16.5 Å². The third-order valence-electron chi connectivity index (χ3n) is 3.68. The summed E-state index contributed by atoms with van der Waals surface area (Å²) < 4.78 is 10.8. The van der Waals surface area contributed by atoms with Crippen molar-refractivity contribution in [1.29, 1.82) is 0 Å². The molecular weight excluding hydrogens is 362 g/mol. The number of aromatic nitrogens is 2. The summed E-state index contributed by atoms with van der Waals surface area (Å²) in [4.78, 5) is 12.4. The molecule has 0 aliphatic carbocycles. The van der Waals surface area contributed by atoms with E-state index in [2.05, 4.69) is 29.4 Å². The molecule has 1 aromatic heterocycles. The van der Waals surface area contributed by atoms with E-state index in [4.69, 9.17) is 9.47 Å². The fourth-order valence-corrected chi connectivity index (χ4v) is 3.00. The van der Waals surface area contributed by atoms with Crippen LogP contribution in [0.15, 0.2) is 48.5 Å². The minimum atomic E-state index is -0.233. The first-order chi connectivity index (χ1) is 13.0. The third kappa shape index (κ3) is 5.04. The van der Waals surface area contributed by atoms with Crippen LogP contribution in [0.4, 0.5) is 5.13 Å². The number of nitrogens with zero attached hydrogens (tertiary/aromatic N) is 2. The van der Waals surface area contributed by atoms with E-state index in [1.165, 1.54) is 11.3 Å². The van der Waals surface area contributed by atoms with Crippen LogP contribution in [0, 0.1) is 5.92 Å². The number of carbonyl (C=O) groups is 1. The molecule has 0 bridgehead atoms. The molecule has 0 spiro atoms. The van der Waals surface area contributed by atoms with Crippen LogP contribution in [0.5, 0.6) is 11.5 Å². The monoisotopic (exact) mass is 383 g/mol. The zero-order chi connectivity index (χ0) is 19.2. The summed E-state index contributed by atoms with van der Waals surface area (Å²) in [5.74, 6) is 1.74. The van der Waals surface area contributed by atoms with Gasteiger partial charge in [-0.2, -0.15) is 0 Å². The van der Waals surface area contributed by atoms with E-state index in [1.807, 2.05) is 24.3 Å². The molecule has 0 unspecified atom stereocenters. The molecule has 1 N–H and O–H groups in total. The first kappa shape index (κ1) is 18.8. The number of amides is 1. The van der Waals surface area contributed by atoms with Crippen LogP contribution in [-0.4, -0.2) is 29.8 Å². The van der Waals surface area contributed by atoms with Crippen LogP contribution in [0.25, 0.3) is 10.6 Å². The molecule has 27 heavy (non-hydrogen) atoms. The van der Waals surface area contributed by atoms with Gasteiger partial charge in [0.2, 0.25) is 5.13 Å². The van der Waals surface area contributed by atoms with Gasteiger partial charge in [0.05, 0.1) is 13.7 Å². The SMILES string of the molecule is COc1ccc(-c2nnc(NC(=O)c3ccc(OCC(C)C)cc3)s2)cc1. The fraction of sp³-hybridized carbons (Fsp3) is 0.250. The minimum Gasteiger partial charge on any atom is -0.497 e. The first-order valence-corrected chi connectivity index (χ1v) is 9.39. The van der Waals surface area contributed by atoms with Gasteiger partial charge in [-0.15, -0.1) is 10.2 Å². The molecule has 140 valence electrons. The molecule has 0 radical (unpaired) electrons. The van der Waals surface area contributed by atoms with Crippen molar-refractivity contribution in [3.63, 3.8) is 0 Å². The van der Waals surface area contributed by atoms with Crippen molar-refractivity contribution >= 4 is 22.4 Å². The maximum absolute atomic E-state index is 12.4. The van der Waals surface area contributed by atoms with Crippen molar-refractivity contribution in [3.8, 4) is 22.1 Å². The molecule has 0 fully saturated rings. The summed E-state index contributed by atoms with van der Waals surface area (Å²) >= 11 is 1.32. The summed E-state index contributed by atoms with van der Waals surface area (Å²) in [6, 6.07) is 14.6. The Kier molecular flexibility index (Phi) is 6.03. The Morgan fingerprint density at radius 1 is 1.04 bits per heavy atom. The molecule has 2 aromatic carbocycles. The molecule has 1 amide bonds. The molecule has 1 heterocycles. The molecule has 0 saturated heterocycles. The molecule has 0 atom stereocenters. The smallest absolute Gasteiger partial charge is 0.257 e. The van der Waals surface area contributed by atoms with Gasteiger partial charge in [-0.3, -0.25) is 10.1 Å². The Morgan fingerprint density at radius 3 is 2.33 bits per heavy atom. The second kappa shape index (κ2) is 8.64. The highest BCUT2D eigenvalue weighted by Crippen LogP contribution is 2.28. The number of methoxy groups -OCH3 is 1. The Hall–Kier alpha value is -2.93. The van der Waals surface area contributed by atoms with Crippen molar-refractivity contribution in [1.82, 2.24) is 10.2 Å². The maximum atomic E-state index is 12.4. The highest BCUT2D eigenvalue weighted by Gasteiger charge is 2.12. The average molecular weight is 383 g/mol. The van der Waals surface area contributed by atoms with E-state index in [0.29, 0.717) is 23.2 Å². The predicted molar refractivity (Wildman–Crippen MR) is 107 cm³/mol. The van der Waals surface area contributed by atoms with Gasteiger partial charge in [0, 0.05) is 11.1 Å². The van der Waals surface area contributed by atoms with E-state index < -0.39 is 0 Å². The standard InChI is InChI=1S/C20H21N3O3S/c1-13(2)12-26-17-10-4-14(5-11-17)18(24)21-20-23-22-19(27-20)15-6-8-16(25-3)9-7-15/h4-11,13H,12H2,1-3H3,(H,21,23,24). The van der Waals surface area contributed by atoms with E-state index in [-0.39, 0.29) is 5.91 Å². The molecule has 3 rings (SSSR count). The van der Waals surface area contributed by atoms with E-state index in [0.717, 1.165) is 22.1 Å². The van der Waals surface area contributed by atoms with Crippen LogP contribution in [0.3, 0.4) is 0 Å². The maximum Gasteiger partial charge on any atom is 0.257 e. The Labute approximate surface area is 162 Å². The second-order valence-corrected chi connectivity index (χ2v) is 7.30. The van der Waals surface area contributed by atoms with Gasteiger partial charge in [0.25, 0.3) is 5.91 Å². The number of hydrogen-bond acceptors (Lipinski definition) is 6. The number of benzene rings is 2. The van der Waals surface area contributed by atoms with Gasteiger partial charge in [-0.25, -0.2) is 0 Å².